The number of aliphatic hydroxyl groups is 2. The Hall–Kier alpha value is -2.40. The van der Waals surface area contributed by atoms with Crippen molar-refractivity contribution in [3.8, 4) is 11.8 Å². The summed E-state index contributed by atoms with van der Waals surface area (Å²) in [5, 5.41) is 20.4. The third-order valence-corrected chi connectivity index (χ3v) is 6.46. The first kappa shape index (κ1) is 25.2. The minimum atomic E-state index is -5.36. The maximum atomic E-state index is 12.3. The van der Waals surface area contributed by atoms with Gasteiger partial charge in [-0.15, -0.1) is 0 Å². The molecule has 1 aromatic heterocycles. The molecule has 0 radical (unpaired) electrons. The van der Waals surface area contributed by atoms with Gasteiger partial charge in [0.25, 0.3) is 5.56 Å². The number of nitrogens with zero attached hydrogens (tertiary/aromatic N) is 1. The molecule has 33 heavy (non-hydrogen) atoms. The van der Waals surface area contributed by atoms with Crippen LogP contribution in [0.3, 0.4) is 0 Å². The summed E-state index contributed by atoms with van der Waals surface area (Å²) >= 11 is 0. The van der Waals surface area contributed by atoms with Gasteiger partial charge in [0.05, 0.1) is 6.61 Å². The molecule has 1 aliphatic heterocycles. The Labute approximate surface area is 184 Å². The van der Waals surface area contributed by atoms with Crippen molar-refractivity contribution in [3.05, 3.63) is 68.5 Å². The maximum absolute atomic E-state index is 12.3. The number of H-pyrrole nitrogens is 1. The van der Waals surface area contributed by atoms with E-state index < -0.39 is 58.0 Å². The minimum Gasteiger partial charge on any atom is -0.387 e. The monoisotopic (exact) mass is 504 g/mol. The smallest absolute Gasteiger partial charge is 0.387 e. The number of rotatable bonds is 6. The lowest BCUT2D eigenvalue weighted by molar-refractivity contribution is -0.0542. The molecule has 0 bridgehead atoms. The van der Waals surface area contributed by atoms with Gasteiger partial charge in [-0.2, -0.15) is 4.31 Å². The van der Waals surface area contributed by atoms with Crippen molar-refractivity contribution in [2.75, 3.05) is 6.61 Å². The van der Waals surface area contributed by atoms with Crippen LogP contribution >= 0.6 is 15.6 Å². The molecule has 16 heteroatoms. The third-order valence-electron chi connectivity index (χ3n) is 4.31. The zero-order valence-corrected chi connectivity index (χ0v) is 18.2. The van der Waals surface area contributed by atoms with Gasteiger partial charge in [-0.05, 0) is 12.1 Å². The highest BCUT2D eigenvalue weighted by Gasteiger charge is 2.45. The Bertz CT molecular complexity index is 1270. The number of benzene rings is 1. The number of hydrogen-bond acceptors (Lipinski definition) is 9. The predicted octanol–water partition coefficient (Wildman–Crippen LogP) is -1.22. The first-order valence-electron chi connectivity index (χ1n) is 9.05. The lowest BCUT2D eigenvalue weighted by Crippen LogP contribution is -2.38. The first-order chi connectivity index (χ1) is 15.4. The molecule has 2 aromatic rings. The summed E-state index contributed by atoms with van der Waals surface area (Å²) in [5.74, 6) is 5.31. The number of hydrogen-bond donors (Lipinski definition) is 6. The van der Waals surface area contributed by atoms with E-state index in [2.05, 4.69) is 20.7 Å². The van der Waals surface area contributed by atoms with Crippen LogP contribution in [0.5, 0.6) is 0 Å². The normalized spacial score (nSPS) is 24.6. The quantitative estimate of drug-likeness (QED) is 0.202. The van der Waals surface area contributed by atoms with Crippen LogP contribution in [0, 0.1) is 11.8 Å². The van der Waals surface area contributed by atoms with Crippen LogP contribution in [0.25, 0.3) is 0 Å². The Morgan fingerprint density at radius 1 is 1.06 bits per heavy atom. The van der Waals surface area contributed by atoms with Gasteiger partial charge in [-0.25, -0.2) is 13.9 Å². The number of aromatic nitrogens is 2. The Morgan fingerprint density at radius 2 is 1.73 bits per heavy atom. The van der Waals surface area contributed by atoms with Gasteiger partial charge in [0.15, 0.2) is 6.23 Å². The highest BCUT2D eigenvalue weighted by atomic mass is 31.3. The molecule has 0 amide bonds. The molecule has 1 aliphatic rings. The van der Waals surface area contributed by atoms with Gasteiger partial charge < -0.3 is 29.6 Å². The summed E-state index contributed by atoms with van der Waals surface area (Å²) in [5.41, 5.74) is -1.37. The summed E-state index contributed by atoms with van der Waals surface area (Å²) in [6.07, 6.45) is -5.56. The van der Waals surface area contributed by atoms with E-state index in [9.17, 15) is 33.8 Å². The second kappa shape index (κ2) is 9.84. The standard InChI is InChI=1S/C17H18N2O12P2/c20-13-12(9-29-33(27,28)31-32(24,25)26)30-16(14(13)21)19-8-11(15(22)18-17(19)23)7-6-10-4-2-1-3-5-10/h1-5,8,12-14,16,20-21H,9H2,(H,27,28)(H,18,22,23)(H2,24,25,26)/t12-,13?,14?,16-/m0/s1. The molecule has 1 aromatic carbocycles. The van der Waals surface area contributed by atoms with Gasteiger partial charge in [-0.1, -0.05) is 30.0 Å². The van der Waals surface area contributed by atoms with Crippen molar-refractivity contribution in [3.63, 3.8) is 0 Å². The first-order valence-corrected chi connectivity index (χ1v) is 12.1. The zero-order chi connectivity index (χ0) is 24.4. The van der Waals surface area contributed by atoms with Crippen molar-refractivity contribution >= 4 is 15.6 Å². The molecular formula is C17H18N2O12P2. The average Bonchev–Trinajstić information content (AvgIpc) is 2.99. The lowest BCUT2D eigenvalue weighted by Gasteiger charge is -2.18. The molecule has 0 aliphatic carbocycles. The van der Waals surface area contributed by atoms with E-state index in [0.717, 1.165) is 10.8 Å². The van der Waals surface area contributed by atoms with Crippen molar-refractivity contribution in [2.24, 2.45) is 0 Å². The van der Waals surface area contributed by atoms with Crippen LogP contribution in [0.15, 0.2) is 46.1 Å². The molecule has 3 rings (SSSR count). The zero-order valence-electron chi connectivity index (χ0n) is 16.4. The second-order valence-corrected chi connectivity index (χ2v) is 9.54. The van der Waals surface area contributed by atoms with Gasteiger partial charge in [-0.3, -0.25) is 18.9 Å². The van der Waals surface area contributed by atoms with E-state index in [1.165, 1.54) is 0 Å². The topological polar surface area (TPSA) is 218 Å². The molecule has 6 N–H and O–H groups in total. The number of phosphoric acid groups is 2. The molecule has 1 fully saturated rings. The molecule has 14 nitrogen and oxygen atoms in total. The SMILES string of the molecule is O=c1[nH]c(=O)n([C@H]2O[C@@H](COP(=O)(O)OP(=O)(O)O)C(O)C2O)cc1C#Cc1ccccc1. The van der Waals surface area contributed by atoms with Crippen LogP contribution in [-0.4, -0.2) is 59.4 Å². The van der Waals surface area contributed by atoms with Crippen molar-refractivity contribution in [2.45, 2.75) is 24.5 Å². The Morgan fingerprint density at radius 3 is 2.36 bits per heavy atom. The average molecular weight is 504 g/mol. The number of ether oxygens (including phenoxy) is 1. The van der Waals surface area contributed by atoms with E-state index in [4.69, 9.17) is 14.5 Å². The molecule has 0 spiro atoms. The van der Waals surface area contributed by atoms with E-state index in [-0.39, 0.29) is 5.56 Å². The van der Waals surface area contributed by atoms with Crippen LogP contribution in [-0.2, 0) is 22.7 Å². The summed E-state index contributed by atoms with van der Waals surface area (Å²) in [6.45, 7) is -0.943. The largest absolute Gasteiger partial charge is 0.481 e. The number of phosphoric ester groups is 1. The Kier molecular flexibility index (Phi) is 7.52. The molecule has 0 saturated carbocycles. The molecule has 2 heterocycles. The second-order valence-electron chi connectivity index (χ2n) is 6.71. The fourth-order valence-corrected chi connectivity index (χ4v) is 4.45. The van der Waals surface area contributed by atoms with Crippen LogP contribution < -0.4 is 11.2 Å². The van der Waals surface area contributed by atoms with Crippen LogP contribution in [0.1, 0.15) is 17.4 Å². The minimum absolute atomic E-state index is 0.154. The van der Waals surface area contributed by atoms with E-state index in [0.29, 0.717) is 5.56 Å². The lowest BCUT2D eigenvalue weighted by atomic mass is 10.1. The van der Waals surface area contributed by atoms with Crippen molar-refractivity contribution in [1.82, 2.24) is 9.55 Å². The van der Waals surface area contributed by atoms with Crippen molar-refractivity contribution < 1.29 is 47.6 Å². The summed E-state index contributed by atoms with van der Waals surface area (Å²) in [4.78, 5) is 52.9. The van der Waals surface area contributed by atoms with Crippen LogP contribution in [0.2, 0.25) is 0 Å². The molecule has 5 atom stereocenters. The number of aromatic amines is 1. The molecule has 3 unspecified atom stereocenters. The molecule has 178 valence electrons. The van der Waals surface area contributed by atoms with Gasteiger partial charge in [0.1, 0.15) is 23.9 Å². The van der Waals surface area contributed by atoms with E-state index in [1.807, 2.05) is 4.98 Å². The highest BCUT2D eigenvalue weighted by molar-refractivity contribution is 7.60. The van der Waals surface area contributed by atoms with E-state index >= 15 is 0 Å². The maximum Gasteiger partial charge on any atom is 0.481 e. The van der Waals surface area contributed by atoms with Gasteiger partial charge >= 0.3 is 21.3 Å². The van der Waals surface area contributed by atoms with Gasteiger partial charge in [0, 0.05) is 11.8 Å². The summed E-state index contributed by atoms with van der Waals surface area (Å²) < 4.78 is 36.3. The molecule has 1 saturated heterocycles. The fraction of sp³-hybridized carbons (Fsp3) is 0.294. The fourth-order valence-electron chi connectivity index (χ4n) is 2.85. The van der Waals surface area contributed by atoms with Crippen molar-refractivity contribution in [1.29, 1.82) is 0 Å². The van der Waals surface area contributed by atoms with Gasteiger partial charge in [0.2, 0.25) is 0 Å². The van der Waals surface area contributed by atoms with E-state index in [1.54, 1.807) is 30.3 Å². The highest BCUT2D eigenvalue weighted by Crippen LogP contribution is 2.57. The Balaban J connectivity index is 1.81. The number of nitrogens with one attached hydrogen (secondary N) is 1. The third kappa shape index (κ3) is 6.57. The summed E-state index contributed by atoms with van der Waals surface area (Å²) in [7, 11) is -10.6. The number of aliphatic hydroxyl groups excluding tert-OH is 2. The summed E-state index contributed by atoms with van der Waals surface area (Å²) in [6, 6.07) is 8.63. The molecular weight excluding hydrogens is 486 g/mol. The predicted molar refractivity (Wildman–Crippen MR) is 109 cm³/mol. The van der Waals surface area contributed by atoms with Crippen LogP contribution in [0.4, 0.5) is 0 Å².